The highest BCUT2D eigenvalue weighted by atomic mass is 32.1. The number of carbonyl (C=O) groups is 1. The van der Waals surface area contributed by atoms with Gasteiger partial charge in [-0.2, -0.15) is 0 Å². The van der Waals surface area contributed by atoms with E-state index in [0.29, 0.717) is 22.1 Å². The molecule has 0 radical (unpaired) electrons. The molecule has 2 aromatic rings. The highest BCUT2D eigenvalue weighted by Gasteiger charge is 2.18. The summed E-state index contributed by atoms with van der Waals surface area (Å²) in [7, 11) is 3.04. The van der Waals surface area contributed by atoms with Crippen molar-refractivity contribution >= 4 is 24.2 Å². The number of amides is 1. The summed E-state index contributed by atoms with van der Waals surface area (Å²) in [6.07, 6.45) is 8.26. The second kappa shape index (κ2) is 8.50. The topological polar surface area (TPSA) is 81.7 Å². The van der Waals surface area contributed by atoms with E-state index in [0.717, 1.165) is 11.4 Å². The fourth-order valence-electron chi connectivity index (χ4n) is 2.46. The van der Waals surface area contributed by atoms with E-state index < -0.39 is 0 Å². The Hall–Kier alpha value is -3.13. The molecule has 27 heavy (non-hydrogen) atoms. The van der Waals surface area contributed by atoms with Crippen LogP contribution in [0.15, 0.2) is 59.9 Å². The van der Waals surface area contributed by atoms with E-state index >= 15 is 0 Å². The van der Waals surface area contributed by atoms with Crippen molar-refractivity contribution in [2.24, 2.45) is 0 Å². The van der Waals surface area contributed by atoms with Crippen molar-refractivity contribution in [2.75, 3.05) is 19.5 Å². The van der Waals surface area contributed by atoms with Crippen molar-refractivity contribution in [3.8, 4) is 17.2 Å². The van der Waals surface area contributed by atoms with Crippen molar-refractivity contribution in [1.29, 1.82) is 0 Å². The number of ether oxygens (including phenoxy) is 3. The standard InChI is InChI=1S/C19H19N3O4S/c1-24-12-6-7-13(16(10-12)25-2)19(23)22-18(27)5-3-4-17-21-14-11-20-9-8-15(14)26-17/h3-11,17,21,27H,1-2H3,(H,22,23)/b4-3+,18-5-. The summed E-state index contributed by atoms with van der Waals surface area (Å²) in [6, 6.07) is 6.76. The van der Waals surface area contributed by atoms with Gasteiger partial charge in [0.2, 0.25) is 0 Å². The number of methoxy groups -OCH3 is 2. The highest BCUT2D eigenvalue weighted by molar-refractivity contribution is 7.84. The lowest BCUT2D eigenvalue weighted by Gasteiger charge is -2.10. The Morgan fingerprint density at radius 2 is 2.19 bits per heavy atom. The number of hydrogen-bond acceptors (Lipinski definition) is 7. The van der Waals surface area contributed by atoms with Gasteiger partial charge in [-0.25, -0.2) is 0 Å². The van der Waals surface area contributed by atoms with Crippen LogP contribution in [0, 0.1) is 0 Å². The average Bonchev–Trinajstić information content (AvgIpc) is 3.10. The molecule has 0 aliphatic carbocycles. The van der Waals surface area contributed by atoms with Crippen LogP contribution < -0.4 is 24.8 Å². The summed E-state index contributed by atoms with van der Waals surface area (Å²) >= 11 is 4.29. The Kier molecular flexibility index (Phi) is 5.87. The molecule has 1 amide bonds. The average molecular weight is 385 g/mol. The molecule has 7 nitrogen and oxygen atoms in total. The van der Waals surface area contributed by atoms with Gasteiger partial charge in [0.1, 0.15) is 17.2 Å². The zero-order chi connectivity index (χ0) is 19.2. The molecule has 1 aromatic carbocycles. The van der Waals surface area contributed by atoms with Crippen LogP contribution in [0.4, 0.5) is 5.69 Å². The molecule has 1 aliphatic heterocycles. The van der Waals surface area contributed by atoms with E-state index in [-0.39, 0.29) is 12.1 Å². The van der Waals surface area contributed by atoms with E-state index in [9.17, 15) is 4.79 Å². The van der Waals surface area contributed by atoms with Gasteiger partial charge in [-0.05, 0) is 24.3 Å². The Morgan fingerprint density at radius 1 is 1.33 bits per heavy atom. The first kappa shape index (κ1) is 18.7. The zero-order valence-electron chi connectivity index (χ0n) is 14.8. The van der Waals surface area contributed by atoms with Crippen LogP contribution in [0.2, 0.25) is 0 Å². The predicted octanol–water partition coefficient (Wildman–Crippen LogP) is 2.99. The van der Waals surface area contributed by atoms with Crippen molar-refractivity contribution < 1.29 is 19.0 Å². The molecule has 8 heteroatoms. The van der Waals surface area contributed by atoms with Gasteiger partial charge < -0.3 is 24.8 Å². The monoisotopic (exact) mass is 385 g/mol. The number of thiol groups is 1. The number of benzene rings is 1. The minimum Gasteiger partial charge on any atom is -0.497 e. The largest absolute Gasteiger partial charge is 0.497 e. The van der Waals surface area contributed by atoms with Gasteiger partial charge in [-0.3, -0.25) is 9.78 Å². The van der Waals surface area contributed by atoms with Gasteiger partial charge in [0, 0.05) is 18.3 Å². The number of carbonyl (C=O) groups excluding carboxylic acids is 1. The number of pyridine rings is 1. The highest BCUT2D eigenvalue weighted by Crippen LogP contribution is 2.30. The maximum atomic E-state index is 12.4. The van der Waals surface area contributed by atoms with E-state index in [1.807, 2.05) is 0 Å². The molecule has 0 fully saturated rings. The fraction of sp³-hybridized carbons (Fsp3) is 0.158. The van der Waals surface area contributed by atoms with Crippen LogP contribution in [0.3, 0.4) is 0 Å². The van der Waals surface area contributed by atoms with Gasteiger partial charge >= 0.3 is 0 Å². The van der Waals surface area contributed by atoms with Crippen molar-refractivity contribution in [3.05, 3.63) is 65.5 Å². The summed E-state index contributed by atoms with van der Waals surface area (Å²) in [6.45, 7) is 0. The summed E-state index contributed by atoms with van der Waals surface area (Å²) in [5, 5.41) is 6.23. The lowest BCUT2D eigenvalue weighted by molar-refractivity contribution is 0.0966. The van der Waals surface area contributed by atoms with Gasteiger partial charge in [-0.15, -0.1) is 12.6 Å². The molecular weight excluding hydrogens is 366 g/mol. The SMILES string of the molecule is COc1ccc(C(=O)N/C(S)=C/C=C/C2Nc3cnccc3O2)c(OC)c1. The third-order valence-electron chi connectivity index (χ3n) is 3.77. The molecule has 2 heterocycles. The van der Waals surface area contributed by atoms with Crippen molar-refractivity contribution in [1.82, 2.24) is 10.3 Å². The van der Waals surface area contributed by atoms with E-state index in [2.05, 4.69) is 28.2 Å². The smallest absolute Gasteiger partial charge is 0.259 e. The number of hydrogen-bond donors (Lipinski definition) is 3. The third-order valence-corrected chi connectivity index (χ3v) is 4.03. The molecule has 1 aromatic heterocycles. The van der Waals surface area contributed by atoms with Crippen LogP contribution in [-0.2, 0) is 0 Å². The summed E-state index contributed by atoms with van der Waals surface area (Å²) in [5.74, 6) is 1.43. The minimum absolute atomic E-state index is 0.307. The quantitative estimate of drug-likeness (QED) is 0.524. The first-order valence-corrected chi connectivity index (χ1v) is 8.53. The van der Waals surface area contributed by atoms with E-state index in [1.165, 1.54) is 7.11 Å². The number of fused-ring (bicyclic) bond motifs is 1. The second-order valence-electron chi connectivity index (χ2n) is 5.51. The molecule has 3 rings (SSSR count). The van der Waals surface area contributed by atoms with Gasteiger partial charge in [0.05, 0.1) is 36.7 Å². The van der Waals surface area contributed by atoms with Gasteiger partial charge in [-0.1, -0.05) is 6.08 Å². The maximum Gasteiger partial charge on any atom is 0.259 e. The van der Waals surface area contributed by atoms with Crippen LogP contribution in [0.5, 0.6) is 17.2 Å². The van der Waals surface area contributed by atoms with Gasteiger partial charge in [0.15, 0.2) is 6.23 Å². The predicted molar refractivity (Wildman–Crippen MR) is 105 cm³/mol. The molecule has 2 N–H and O–H groups in total. The van der Waals surface area contributed by atoms with Crippen molar-refractivity contribution in [3.63, 3.8) is 0 Å². The summed E-state index contributed by atoms with van der Waals surface area (Å²) in [4.78, 5) is 16.4. The summed E-state index contributed by atoms with van der Waals surface area (Å²) in [5.41, 5.74) is 1.22. The van der Waals surface area contributed by atoms with E-state index in [1.54, 1.807) is 62.0 Å². The molecule has 0 bridgehead atoms. The molecule has 1 atom stereocenters. The molecule has 140 valence electrons. The van der Waals surface area contributed by atoms with Crippen LogP contribution >= 0.6 is 12.6 Å². The third kappa shape index (κ3) is 4.53. The molecule has 1 unspecified atom stereocenters. The number of nitrogens with one attached hydrogen (secondary N) is 2. The normalized spacial score (nSPS) is 15.7. The van der Waals surface area contributed by atoms with Crippen LogP contribution in [0.25, 0.3) is 0 Å². The maximum absolute atomic E-state index is 12.4. The second-order valence-corrected chi connectivity index (χ2v) is 5.99. The lowest BCUT2D eigenvalue weighted by Crippen LogP contribution is -2.21. The Bertz CT molecular complexity index is 873. The number of nitrogens with zero attached hydrogens (tertiary/aromatic N) is 1. The number of anilines is 1. The van der Waals surface area contributed by atoms with Crippen molar-refractivity contribution in [2.45, 2.75) is 6.23 Å². The minimum atomic E-state index is -0.335. The Balaban J connectivity index is 1.60. The molecule has 0 saturated carbocycles. The first-order chi connectivity index (χ1) is 13.1. The zero-order valence-corrected chi connectivity index (χ0v) is 15.7. The number of rotatable bonds is 6. The molecular formula is C19H19N3O4S. The fourth-order valence-corrected chi connectivity index (χ4v) is 2.65. The molecule has 0 saturated heterocycles. The Morgan fingerprint density at radius 3 is 2.93 bits per heavy atom. The van der Waals surface area contributed by atoms with Crippen LogP contribution in [-0.4, -0.2) is 31.3 Å². The Labute approximate surface area is 162 Å². The summed E-state index contributed by atoms with van der Waals surface area (Å²) < 4.78 is 16.1. The van der Waals surface area contributed by atoms with Gasteiger partial charge in [0.25, 0.3) is 5.91 Å². The van der Waals surface area contributed by atoms with Crippen LogP contribution in [0.1, 0.15) is 10.4 Å². The molecule has 0 spiro atoms. The number of allylic oxidation sites excluding steroid dienone is 2. The first-order valence-electron chi connectivity index (χ1n) is 8.08. The molecule has 1 aliphatic rings. The lowest BCUT2D eigenvalue weighted by atomic mass is 10.2. The van der Waals surface area contributed by atoms with E-state index in [4.69, 9.17) is 14.2 Å². The number of aromatic nitrogens is 1.